The summed E-state index contributed by atoms with van der Waals surface area (Å²) in [5.74, 6) is -0.466. The lowest BCUT2D eigenvalue weighted by Crippen LogP contribution is -2.12. The predicted molar refractivity (Wildman–Crippen MR) is 140 cm³/mol. The highest BCUT2D eigenvalue weighted by Crippen LogP contribution is 2.32. The molecular weight excluding hydrogens is 452 g/mol. The molecule has 6 heteroatoms. The van der Waals surface area contributed by atoms with Gasteiger partial charge in [-0.1, -0.05) is 51.0 Å². The Bertz CT molecular complexity index is 1290. The van der Waals surface area contributed by atoms with Crippen molar-refractivity contribution in [3.63, 3.8) is 0 Å². The van der Waals surface area contributed by atoms with E-state index in [-0.39, 0.29) is 11.5 Å². The predicted octanol–water partition coefficient (Wildman–Crippen LogP) is 6.59. The molecule has 1 heterocycles. The topological polar surface area (TPSA) is 78.4 Å². The number of rotatable bonds is 8. The van der Waals surface area contributed by atoms with Crippen molar-refractivity contribution in [2.24, 2.45) is 0 Å². The molecule has 0 bridgehead atoms. The van der Waals surface area contributed by atoms with Gasteiger partial charge in [-0.3, -0.25) is 0 Å². The quantitative estimate of drug-likeness (QED) is 0.208. The van der Waals surface area contributed by atoms with Crippen LogP contribution in [0.2, 0.25) is 0 Å². The van der Waals surface area contributed by atoms with E-state index in [1.807, 2.05) is 38.1 Å². The zero-order valence-corrected chi connectivity index (χ0v) is 21.1. The fourth-order valence-electron chi connectivity index (χ4n) is 3.93. The van der Waals surface area contributed by atoms with Crippen molar-refractivity contribution >= 4 is 23.0 Å². The normalized spacial score (nSPS) is 10.9. The molecule has 1 aromatic heterocycles. The van der Waals surface area contributed by atoms with Crippen LogP contribution in [0.5, 0.6) is 11.5 Å². The zero-order chi connectivity index (χ0) is 25.7. The summed E-state index contributed by atoms with van der Waals surface area (Å²) in [5.41, 5.74) is 5.33. The molecule has 0 atom stereocenters. The second kappa shape index (κ2) is 11.1. The first-order valence-electron chi connectivity index (χ1n) is 12.3. The van der Waals surface area contributed by atoms with Gasteiger partial charge in [-0.05, 0) is 74.2 Å². The lowest BCUT2D eigenvalue weighted by atomic mass is 10.1. The average Bonchev–Trinajstić information content (AvgIpc) is 2.87. The maximum atomic E-state index is 12.8. The van der Waals surface area contributed by atoms with Gasteiger partial charge in [0.05, 0.1) is 22.5 Å². The van der Waals surface area contributed by atoms with E-state index in [9.17, 15) is 9.59 Å². The van der Waals surface area contributed by atoms with Gasteiger partial charge in [0.1, 0.15) is 11.0 Å². The first-order chi connectivity index (χ1) is 17.4. The maximum absolute atomic E-state index is 12.8. The summed E-state index contributed by atoms with van der Waals surface area (Å²) >= 11 is 0. The third-order valence-electron chi connectivity index (χ3n) is 6.02. The second-order valence-corrected chi connectivity index (χ2v) is 8.83. The number of fused-ring (bicyclic) bond motifs is 1. The molecule has 0 saturated carbocycles. The third-order valence-corrected chi connectivity index (χ3v) is 6.02. The maximum Gasteiger partial charge on any atom is 0.343 e. The molecule has 0 N–H and O–H groups in total. The number of aryl methyl sites for hydroxylation is 4. The molecule has 0 radical (unpaired) electrons. The van der Waals surface area contributed by atoms with Gasteiger partial charge in [-0.2, -0.15) is 0 Å². The van der Waals surface area contributed by atoms with Crippen LogP contribution in [0.1, 0.15) is 69.9 Å². The average molecular weight is 483 g/mol. The summed E-state index contributed by atoms with van der Waals surface area (Å²) in [6.45, 7) is 7.89. The van der Waals surface area contributed by atoms with Crippen LogP contribution in [0.15, 0.2) is 60.7 Å². The Hall–Kier alpha value is -4.06. The lowest BCUT2D eigenvalue weighted by Gasteiger charge is -2.13. The molecule has 184 valence electrons. The Kier molecular flexibility index (Phi) is 7.74. The van der Waals surface area contributed by atoms with Crippen LogP contribution in [0.25, 0.3) is 11.0 Å². The minimum atomic E-state index is -0.490. The molecule has 0 saturated heterocycles. The van der Waals surface area contributed by atoms with Crippen LogP contribution in [0.3, 0.4) is 0 Å². The number of esters is 2. The molecule has 0 aliphatic carbocycles. The van der Waals surface area contributed by atoms with Crippen LogP contribution in [0.4, 0.5) is 0 Å². The largest absolute Gasteiger partial charge is 0.421 e. The van der Waals surface area contributed by atoms with Crippen LogP contribution in [0, 0.1) is 13.8 Å². The van der Waals surface area contributed by atoms with Gasteiger partial charge in [0, 0.05) is 0 Å². The highest BCUT2D eigenvalue weighted by molar-refractivity contribution is 5.97. The summed E-state index contributed by atoms with van der Waals surface area (Å²) in [4.78, 5) is 34.9. The standard InChI is InChI=1S/C30H30N2O4/c1-5-7-21-9-13-23(14-10-21)29(33)35-25-17-18-26(28-27(25)31-19(3)20(4)32-28)36-30(34)24-15-11-22(8-6-2)12-16-24/h9-18H,5-8H2,1-4H3. The highest BCUT2D eigenvalue weighted by Gasteiger charge is 2.19. The number of ether oxygens (including phenoxy) is 2. The molecule has 0 aliphatic rings. The Morgan fingerprint density at radius 3 is 1.31 bits per heavy atom. The zero-order valence-electron chi connectivity index (χ0n) is 21.1. The van der Waals surface area contributed by atoms with Gasteiger partial charge < -0.3 is 9.47 Å². The van der Waals surface area contributed by atoms with E-state index in [1.165, 1.54) is 11.1 Å². The van der Waals surface area contributed by atoms with Gasteiger partial charge in [-0.15, -0.1) is 0 Å². The van der Waals surface area contributed by atoms with Gasteiger partial charge in [0.2, 0.25) is 0 Å². The second-order valence-electron chi connectivity index (χ2n) is 8.83. The van der Waals surface area contributed by atoms with Crippen molar-refractivity contribution in [1.29, 1.82) is 0 Å². The molecular formula is C30H30N2O4. The molecule has 0 fully saturated rings. The van der Waals surface area contributed by atoms with Gasteiger partial charge in [-0.25, -0.2) is 19.6 Å². The van der Waals surface area contributed by atoms with Gasteiger partial charge >= 0.3 is 11.9 Å². The number of nitrogens with zero attached hydrogens (tertiary/aromatic N) is 2. The number of carbonyl (C=O) groups excluding carboxylic acids is 2. The van der Waals surface area contributed by atoms with E-state index in [0.717, 1.165) is 25.7 Å². The monoisotopic (exact) mass is 482 g/mol. The molecule has 0 amide bonds. The molecule has 4 rings (SSSR count). The van der Waals surface area contributed by atoms with Crippen molar-refractivity contribution in [2.45, 2.75) is 53.4 Å². The minimum Gasteiger partial charge on any atom is -0.421 e. The Morgan fingerprint density at radius 1 is 0.611 bits per heavy atom. The van der Waals surface area contributed by atoms with Crippen molar-refractivity contribution in [3.8, 4) is 11.5 Å². The summed E-state index contributed by atoms with van der Waals surface area (Å²) < 4.78 is 11.4. The van der Waals surface area contributed by atoms with Crippen LogP contribution in [-0.2, 0) is 12.8 Å². The molecule has 0 spiro atoms. The van der Waals surface area contributed by atoms with Crippen LogP contribution >= 0.6 is 0 Å². The molecule has 0 unspecified atom stereocenters. The molecule has 3 aromatic carbocycles. The fraction of sp³-hybridized carbons (Fsp3) is 0.267. The van der Waals surface area contributed by atoms with Gasteiger partial charge in [0.15, 0.2) is 11.5 Å². The van der Waals surface area contributed by atoms with E-state index < -0.39 is 11.9 Å². The van der Waals surface area contributed by atoms with Crippen LogP contribution < -0.4 is 9.47 Å². The highest BCUT2D eigenvalue weighted by atomic mass is 16.5. The first kappa shape index (κ1) is 25.0. The molecule has 0 aliphatic heterocycles. The SMILES string of the molecule is CCCc1ccc(C(=O)Oc2ccc(OC(=O)c3ccc(CCC)cc3)c3nc(C)c(C)nc23)cc1. The molecule has 36 heavy (non-hydrogen) atoms. The van der Waals surface area contributed by atoms with Crippen molar-refractivity contribution < 1.29 is 19.1 Å². The Morgan fingerprint density at radius 2 is 0.972 bits per heavy atom. The van der Waals surface area contributed by atoms with Crippen LogP contribution in [-0.4, -0.2) is 21.9 Å². The number of benzene rings is 3. The summed E-state index contributed by atoms with van der Waals surface area (Å²) in [6, 6.07) is 18.0. The number of hydrogen-bond donors (Lipinski definition) is 0. The fourth-order valence-corrected chi connectivity index (χ4v) is 3.93. The molecule has 6 nitrogen and oxygen atoms in total. The number of hydrogen-bond acceptors (Lipinski definition) is 6. The number of carbonyl (C=O) groups is 2. The van der Waals surface area contributed by atoms with E-state index in [0.29, 0.717) is 33.5 Å². The van der Waals surface area contributed by atoms with Crippen molar-refractivity contribution in [2.75, 3.05) is 0 Å². The Balaban J connectivity index is 1.62. The summed E-state index contributed by atoms with van der Waals surface area (Å²) in [7, 11) is 0. The van der Waals surface area contributed by atoms with E-state index in [2.05, 4.69) is 23.8 Å². The Labute approximate surface area is 211 Å². The number of aromatic nitrogens is 2. The van der Waals surface area contributed by atoms with E-state index in [4.69, 9.17) is 9.47 Å². The van der Waals surface area contributed by atoms with Gasteiger partial charge in [0.25, 0.3) is 0 Å². The first-order valence-corrected chi connectivity index (χ1v) is 12.3. The van der Waals surface area contributed by atoms with Crippen molar-refractivity contribution in [3.05, 3.63) is 94.3 Å². The summed E-state index contributed by atoms with van der Waals surface area (Å²) in [5, 5.41) is 0. The summed E-state index contributed by atoms with van der Waals surface area (Å²) in [6.07, 6.45) is 3.98. The van der Waals surface area contributed by atoms with Crippen molar-refractivity contribution in [1.82, 2.24) is 9.97 Å². The lowest BCUT2D eigenvalue weighted by molar-refractivity contribution is 0.0722. The molecule has 4 aromatic rings. The minimum absolute atomic E-state index is 0.256. The van der Waals surface area contributed by atoms with E-state index >= 15 is 0 Å². The third kappa shape index (κ3) is 5.60. The smallest absolute Gasteiger partial charge is 0.343 e. The van der Waals surface area contributed by atoms with E-state index in [1.54, 1.807) is 36.4 Å².